The predicted octanol–water partition coefficient (Wildman–Crippen LogP) is 1.61. The highest BCUT2D eigenvalue weighted by Gasteiger charge is 2.00. The van der Waals surface area contributed by atoms with Crippen LogP contribution >= 0.6 is 0 Å². The lowest BCUT2D eigenvalue weighted by molar-refractivity contribution is -0.255. The molecule has 0 spiro atoms. The molecule has 13 heavy (non-hydrogen) atoms. The molecule has 0 radical (unpaired) electrons. The summed E-state index contributed by atoms with van der Waals surface area (Å²) in [5.74, 6) is -1.11. The summed E-state index contributed by atoms with van der Waals surface area (Å²) in [5.41, 5.74) is 3.39. The second kappa shape index (κ2) is 4.08. The Bertz CT molecular complexity index is 304. The third-order valence-corrected chi connectivity index (χ3v) is 2.16. The molecule has 0 unspecified atom stereocenters. The van der Waals surface area contributed by atoms with Crippen molar-refractivity contribution in [2.45, 2.75) is 28.2 Å². The fraction of sp³-hybridized carbons (Fsp3) is 0.364. The van der Waals surface area contributed by atoms with Crippen LogP contribution in [0.4, 0.5) is 0 Å². The number of rotatable bonds is 1. The maximum Gasteiger partial charge on any atom is 0.0715 e. The van der Waals surface area contributed by atoms with E-state index in [1.165, 1.54) is 0 Å². The fourth-order valence-corrected chi connectivity index (χ4v) is 1.15. The Morgan fingerprint density at radius 2 is 1.54 bits per heavy atom. The van der Waals surface area contributed by atoms with Gasteiger partial charge in [0.25, 0.3) is 0 Å². The summed E-state index contributed by atoms with van der Waals surface area (Å²) in [5, 5.41) is 10.5. The number of carboxylic acids is 1. The van der Waals surface area contributed by atoms with Crippen LogP contribution in [0.1, 0.15) is 34.5 Å². The largest absolute Gasteiger partial charge is 0.545 e. The molecule has 0 saturated carbocycles. The van der Waals surface area contributed by atoms with E-state index in [0.717, 1.165) is 16.7 Å². The Morgan fingerprint density at radius 3 is 1.85 bits per heavy atom. The van der Waals surface area contributed by atoms with Gasteiger partial charge in [-0.15, -0.1) is 0 Å². The SMILES string of the molecule is C.Cc1cc(C(=O)[O-])cc(C)c1C. The lowest BCUT2D eigenvalue weighted by atomic mass is 10.0. The molecule has 0 aromatic heterocycles. The number of carbonyl (C=O) groups is 1. The van der Waals surface area contributed by atoms with E-state index in [9.17, 15) is 9.90 Å². The van der Waals surface area contributed by atoms with Crippen LogP contribution in [0.2, 0.25) is 0 Å². The maximum absolute atomic E-state index is 10.5. The van der Waals surface area contributed by atoms with Gasteiger partial charge in [-0.05, 0) is 55.2 Å². The number of hydrogen-bond donors (Lipinski definition) is 0. The molecule has 0 amide bonds. The standard InChI is InChI=1S/C10H12O2.CH4/c1-6-4-9(10(11)12)5-7(2)8(6)3;/h4-5H,1-3H3,(H,11,12);1H4/p-1. The lowest BCUT2D eigenvalue weighted by Gasteiger charge is -2.09. The van der Waals surface area contributed by atoms with E-state index in [0.29, 0.717) is 0 Å². The first-order chi connectivity index (χ1) is 5.52. The van der Waals surface area contributed by atoms with Gasteiger partial charge in [-0.2, -0.15) is 0 Å². The van der Waals surface area contributed by atoms with Crippen LogP contribution in [0.3, 0.4) is 0 Å². The minimum Gasteiger partial charge on any atom is -0.545 e. The fourth-order valence-electron chi connectivity index (χ4n) is 1.15. The molecular weight excluding hydrogens is 164 g/mol. The molecule has 0 aliphatic carbocycles. The Morgan fingerprint density at radius 1 is 1.15 bits per heavy atom. The Kier molecular flexibility index (Phi) is 3.67. The highest BCUT2D eigenvalue weighted by molar-refractivity contribution is 5.86. The number of carboxylic acid groups (broad SMARTS) is 1. The molecule has 1 aromatic carbocycles. The Balaban J connectivity index is 0.00000144. The van der Waals surface area contributed by atoms with E-state index in [-0.39, 0.29) is 13.0 Å². The molecule has 0 atom stereocenters. The first-order valence-corrected chi connectivity index (χ1v) is 3.81. The minimum absolute atomic E-state index is 0. The lowest BCUT2D eigenvalue weighted by Crippen LogP contribution is -2.22. The zero-order valence-corrected chi connectivity index (χ0v) is 7.47. The average molecular weight is 179 g/mol. The molecule has 0 saturated heterocycles. The molecular formula is C11H15O2-. The smallest absolute Gasteiger partial charge is 0.0715 e. The van der Waals surface area contributed by atoms with Crippen molar-refractivity contribution in [3.63, 3.8) is 0 Å². The topological polar surface area (TPSA) is 40.1 Å². The van der Waals surface area contributed by atoms with E-state index < -0.39 is 5.97 Å². The first-order valence-electron chi connectivity index (χ1n) is 3.81. The number of hydrogen-bond acceptors (Lipinski definition) is 2. The molecule has 0 heterocycles. The van der Waals surface area contributed by atoms with E-state index in [2.05, 4.69) is 0 Å². The average Bonchev–Trinajstić information content (AvgIpc) is 1.99. The van der Waals surface area contributed by atoms with Crippen molar-refractivity contribution in [1.82, 2.24) is 0 Å². The molecule has 72 valence electrons. The van der Waals surface area contributed by atoms with E-state index >= 15 is 0 Å². The summed E-state index contributed by atoms with van der Waals surface area (Å²) in [6.45, 7) is 5.77. The summed E-state index contributed by atoms with van der Waals surface area (Å²) in [4.78, 5) is 10.5. The highest BCUT2D eigenvalue weighted by atomic mass is 16.4. The zero-order chi connectivity index (χ0) is 9.30. The van der Waals surface area contributed by atoms with Crippen molar-refractivity contribution >= 4 is 5.97 Å². The molecule has 0 N–H and O–H groups in total. The molecule has 0 fully saturated rings. The van der Waals surface area contributed by atoms with Gasteiger partial charge in [0.2, 0.25) is 0 Å². The summed E-state index contributed by atoms with van der Waals surface area (Å²) < 4.78 is 0. The molecule has 2 heteroatoms. The first kappa shape index (κ1) is 11.7. The predicted molar refractivity (Wildman–Crippen MR) is 51.7 cm³/mol. The van der Waals surface area contributed by atoms with Crippen molar-refractivity contribution < 1.29 is 9.90 Å². The number of aromatic carboxylic acids is 1. The van der Waals surface area contributed by atoms with Gasteiger partial charge in [-0.1, -0.05) is 7.43 Å². The minimum atomic E-state index is -1.11. The third-order valence-electron chi connectivity index (χ3n) is 2.16. The van der Waals surface area contributed by atoms with Crippen LogP contribution in [-0.4, -0.2) is 5.97 Å². The number of carbonyl (C=O) groups excluding carboxylic acids is 1. The van der Waals surface area contributed by atoms with Crippen LogP contribution in [0, 0.1) is 20.8 Å². The summed E-state index contributed by atoms with van der Waals surface area (Å²) in [6, 6.07) is 3.27. The van der Waals surface area contributed by atoms with Gasteiger partial charge in [0.05, 0.1) is 5.97 Å². The molecule has 0 aliphatic rings. The van der Waals surface area contributed by atoms with Crippen molar-refractivity contribution in [3.8, 4) is 0 Å². The van der Waals surface area contributed by atoms with Crippen molar-refractivity contribution in [3.05, 3.63) is 34.4 Å². The van der Waals surface area contributed by atoms with Gasteiger partial charge in [0, 0.05) is 0 Å². The Labute approximate surface area is 79.2 Å². The quantitative estimate of drug-likeness (QED) is 0.657. The summed E-state index contributed by atoms with van der Waals surface area (Å²) >= 11 is 0. The Hall–Kier alpha value is -1.31. The molecule has 0 bridgehead atoms. The van der Waals surface area contributed by atoms with Crippen molar-refractivity contribution in [1.29, 1.82) is 0 Å². The molecule has 1 rings (SSSR count). The van der Waals surface area contributed by atoms with E-state index in [1.807, 2.05) is 20.8 Å². The van der Waals surface area contributed by atoms with Crippen LogP contribution < -0.4 is 5.11 Å². The summed E-state index contributed by atoms with van der Waals surface area (Å²) in [6.07, 6.45) is 0. The zero-order valence-electron chi connectivity index (χ0n) is 7.47. The number of benzene rings is 1. The number of aryl methyl sites for hydroxylation is 2. The van der Waals surface area contributed by atoms with E-state index in [1.54, 1.807) is 12.1 Å². The monoisotopic (exact) mass is 179 g/mol. The van der Waals surface area contributed by atoms with Gasteiger partial charge < -0.3 is 9.90 Å². The third kappa shape index (κ3) is 2.31. The normalized spacial score (nSPS) is 9.15. The molecule has 2 nitrogen and oxygen atoms in total. The van der Waals surface area contributed by atoms with Crippen molar-refractivity contribution in [2.24, 2.45) is 0 Å². The van der Waals surface area contributed by atoms with Crippen LogP contribution in [0.15, 0.2) is 12.1 Å². The van der Waals surface area contributed by atoms with Gasteiger partial charge >= 0.3 is 0 Å². The molecule has 1 aromatic rings. The van der Waals surface area contributed by atoms with Crippen LogP contribution in [0.5, 0.6) is 0 Å². The van der Waals surface area contributed by atoms with Gasteiger partial charge in [0.1, 0.15) is 0 Å². The van der Waals surface area contributed by atoms with Gasteiger partial charge in [0.15, 0.2) is 0 Å². The van der Waals surface area contributed by atoms with Gasteiger partial charge in [-0.25, -0.2) is 0 Å². The van der Waals surface area contributed by atoms with Gasteiger partial charge in [-0.3, -0.25) is 0 Å². The van der Waals surface area contributed by atoms with Crippen molar-refractivity contribution in [2.75, 3.05) is 0 Å². The van der Waals surface area contributed by atoms with Crippen LogP contribution in [-0.2, 0) is 0 Å². The summed E-state index contributed by atoms with van der Waals surface area (Å²) in [7, 11) is 0. The van der Waals surface area contributed by atoms with Crippen LogP contribution in [0.25, 0.3) is 0 Å². The second-order valence-electron chi connectivity index (χ2n) is 3.02. The molecule has 0 aliphatic heterocycles. The second-order valence-corrected chi connectivity index (χ2v) is 3.02. The maximum atomic E-state index is 10.5. The highest BCUT2D eigenvalue weighted by Crippen LogP contribution is 2.14. The van der Waals surface area contributed by atoms with E-state index in [4.69, 9.17) is 0 Å².